The second kappa shape index (κ2) is 9.07. The molecular formula is C25H26N4O4. The molecule has 3 heterocycles. The average Bonchev–Trinajstić information content (AvgIpc) is 3.16. The minimum absolute atomic E-state index is 0.0719. The molecule has 0 aliphatic carbocycles. The van der Waals surface area contributed by atoms with E-state index < -0.39 is 0 Å². The monoisotopic (exact) mass is 446 g/mol. The number of benzene rings is 2. The van der Waals surface area contributed by atoms with Gasteiger partial charge in [-0.25, -0.2) is 9.97 Å². The van der Waals surface area contributed by atoms with Crippen molar-refractivity contribution in [2.45, 2.75) is 19.4 Å². The van der Waals surface area contributed by atoms with Crippen LogP contribution in [0.1, 0.15) is 11.3 Å². The van der Waals surface area contributed by atoms with Gasteiger partial charge in [0.2, 0.25) is 11.8 Å². The molecule has 1 N–H and O–H groups in total. The number of aromatic amines is 1. The summed E-state index contributed by atoms with van der Waals surface area (Å²) in [5, 5.41) is 1.87. The van der Waals surface area contributed by atoms with Gasteiger partial charge in [-0.3, -0.25) is 4.79 Å². The van der Waals surface area contributed by atoms with E-state index in [4.69, 9.17) is 14.2 Å². The van der Waals surface area contributed by atoms with Crippen molar-refractivity contribution in [3.63, 3.8) is 0 Å². The van der Waals surface area contributed by atoms with Gasteiger partial charge in [-0.05, 0) is 42.8 Å². The first-order valence-corrected chi connectivity index (χ1v) is 11.0. The van der Waals surface area contributed by atoms with E-state index in [-0.39, 0.29) is 12.0 Å². The van der Waals surface area contributed by atoms with Crippen LogP contribution in [0.4, 0.5) is 0 Å². The number of ether oxygens (including phenoxy) is 3. The molecule has 2 aromatic heterocycles. The fraction of sp³-hybridized carbons (Fsp3) is 0.320. The summed E-state index contributed by atoms with van der Waals surface area (Å²) < 4.78 is 17.2. The van der Waals surface area contributed by atoms with Gasteiger partial charge < -0.3 is 24.1 Å². The lowest BCUT2D eigenvalue weighted by Crippen LogP contribution is -2.48. The Morgan fingerprint density at radius 1 is 1.21 bits per heavy atom. The zero-order valence-corrected chi connectivity index (χ0v) is 18.7. The molecule has 1 saturated heterocycles. The van der Waals surface area contributed by atoms with E-state index in [2.05, 4.69) is 15.0 Å². The van der Waals surface area contributed by atoms with Gasteiger partial charge in [-0.1, -0.05) is 12.1 Å². The van der Waals surface area contributed by atoms with Crippen LogP contribution in [0.3, 0.4) is 0 Å². The van der Waals surface area contributed by atoms with Crippen LogP contribution >= 0.6 is 0 Å². The minimum atomic E-state index is -0.222. The number of nitrogens with one attached hydrogen (secondary N) is 1. The predicted octanol–water partition coefficient (Wildman–Crippen LogP) is 3.28. The average molecular weight is 447 g/mol. The molecule has 1 fully saturated rings. The number of hydrogen-bond acceptors (Lipinski definition) is 6. The standard InChI is InChI=1S/C25H26N4O4/c1-16-20(21-11-17(31-2)7-8-23(21)28-16)12-24(30)29-9-10-32-18(13-29)14-33-25-19-5-3-4-6-22(19)26-15-27-25/h3-8,11,15,18,28H,9-10,12-14H2,1-2H3. The van der Waals surface area contributed by atoms with E-state index in [1.807, 2.05) is 54.3 Å². The van der Waals surface area contributed by atoms with Crippen molar-refractivity contribution < 1.29 is 19.0 Å². The van der Waals surface area contributed by atoms with Crippen molar-refractivity contribution >= 4 is 27.7 Å². The zero-order chi connectivity index (χ0) is 22.8. The Labute approximate surface area is 191 Å². The minimum Gasteiger partial charge on any atom is -0.497 e. The van der Waals surface area contributed by atoms with Crippen molar-refractivity contribution in [3.8, 4) is 11.6 Å². The van der Waals surface area contributed by atoms with Gasteiger partial charge in [0.15, 0.2) is 0 Å². The fourth-order valence-electron chi connectivity index (χ4n) is 4.29. The van der Waals surface area contributed by atoms with E-state index in [0.717, 1.165) is 38.8 Å². The highest BCUT2D eigenvalue weighted by Gasteiger charge is 2.26. The maximum absolute atomic E-state index is 13.2. The van der Waals surface area contributed by atoms with Crippen molar-refractivity contribution in [2.75, 3.05) is 33.4 Å². The number of carbonyl (C=O) groups is 1. The topological polar surface area (TPSA) is 89.6 Å². The largest absolute Gasteiger partial charge is 0.497 e. The van der Waals surface area contributed by atoms with Crippen molar-refractivity contribution in [1.29, 1.82) is 0 Å². The van der Waals surface area contributed by atoms with E-state index in [0.29, 0.717) is 38.6 Å². The van der Waals surface area contributed by atoms with Gasteiger partial charge in [0.25, 0.3) is 0 Å². The van der Waals surface area contributed by atoms with Crippen molar-refractivity contribution in [1.82, 2.24) is 19.9 Å². The third-order valence-electron chi connectivity index (χ3n) is 6.06. The van der Waals surface area contributed by atoms with Gasteiger partial charge in [0.1, 0.15) is 24.8 Å². The zero-order valence-electron chi connectivity index (χ0n) is 18.7. The predicted molar refractivity (Wildman–Crippen MR) is 125 cm³/mol. The molecule has 2 aromatic carbocycles. The first-order valence-electron chi connectivity index (χ1n) is 11.0. The lowest BCUT2D eigenvalue weighted by Gasteiger charge is -2.33. The summed E-state index contributed by atoms with van der Waals surface area (Å²) in [4.78, 5) is 26.9. The van der Waals surface area contributed by atoms with Gasteiger partial charge in [0, 0.05) is 23.1 Å². The van der Waals surface area contributed by atoms with Gasteiger partial charge >= 0.3 is 0 Å². The Kier molecular flexibility index (Phi) is 5.83. The number of hydrogen-bond donors (Lipinski definition) is 1. The third kappa shape index (κ3) is 4.34. The Morgan fingerprint density at radius 3 is 2.97 bits per heavy atom. The number of carbonyl (C=O) groups excluding carboxylic acids is 1. The highest BCUT2D eigenvalue weighted by Crippen LogP contribution is 2.27. The van der Waals surface area contributed by atoms with Crippen LogP contribution in [0.2, 0.25) is 0 Å². The van der Waals surface area contributed by atoms with Gasteiger partial charge in [0.05, 0.1) is 37.6 Å². The molecule has 0 saturated carbocycles. The molecular weight excluding hydrogens is 420 g/mol. The number of aromatic nitrogens is 3. The van der Waals surface area contributed by atoms with E-state index in [9.17, 15) is 4.79 Å². The summed E-state index contributed by atoms with van der Waals surface area (Å²) in [6, 6.07) is 13.6. The molecule has 170 valence electrons. The van der Waals surface area contributed by atoms with Crippen molar-refractivity contribution in [2.24, 2.45) is 0 Å². The number of morpholine rings is 1. The molecule has 1 atom stereocenters. The third-order valence-corrected chi connectivity index (χ3v) is 6.06. The maximum Gasteiger partial charge on any atom is 0.227 e. The number of H-pyrrole nitrogens is 1. The van der Waals surface area contributed by atoms with Crippen LogP contribution in [-0.4, -0.2) is 65.3 Å². The molecule has 4 aromatic rings. The quantitative estimate of drug-likeness (QED) is 0.489. The molecule has 0 bridgehead atoms. The highest BCUT2D eigenvalue weighted by atomic mass is 16.5. The van der Waals surface area contributed by atoms with Crippen LogP contribution in [0.15, 0.2) is 48.8 Å². The van der Waals surface area contributed by atoms with Gasteiger partial charge in [-0.15, -0.1) is 0 Å². The van der Waals surface area contributed by atoms with Crippen LogP contribution in [0.25, 0.3) is 21.8 Å². The Hall–Kier alpha value is -3.65. The molecule has 33 heavy (non-hydrogen) atoms. The summed E-state index contributed by atoms with van der Waals surface area (Å²) >= 11 is 0. The first kappa shape index (κ1) is 21.2. The maximum atomic E-state index is 13.2. The number of methoxy groups -OCH3 is 1. The number of fused-ring (bicyclic) bond motifs is 2. The van der Waals surface area contributed by atoms with E-state index in [1.165, 1.54) is 6.33 Å². The molecule has 1 aliphatic heterocycles. The number of aryl methyl sites for hydroxylation is 1. The van der Waals surface area contributed by atoms with Crippen LogP contribution < -0.4 is 9.47 Å². The molecule has 5 rings (SSSR count). The van der Waals surface area contributed by atoms with Crippen LogP contribution in [0, 0.1) is 6.92 Å². The SMILES string of the molecule is COc1ccc2[nH]c(C)c(CC(=O)N3CCOC(COc4ncnc5ccccc45)C3)c2c1. The molecule has 0 spiro atoms. The molecule has 1 unspecified atom stereocenters. The molecule has 8 heteroatoms. The smallest absolute Gasteiger partial charge is 0.227 e. The van der Waals surface area contributed by atoms with Crippen molar-refractivity contribution in [3.05, 3.63) is 60.0 Å². The second-order valence-corrected chi connectivity index (χ2v) is 8.16. The Balaban J connectivity index is 1.26. The summed E-state index contributed by atoms with van der Waals surface area (Å²) in [6.45, 7) is 3.83. The molecule has 0 radical (unpaired) electrons. The summed E-state index contributed by atoms with van der Waals surface area (Å²) in [6.07, 6.45) is 1.59. The number of para-hydroxylation sites is 1. The number of amides is 1. The van der Waals surface area contributed by atoms with E-state index in [1.54, 1.807) is 7.11 Å². The highest BCUT2D eigenvalue weighted by molar-refractivity contribution is 5.91. The Morgan fingerprint density at radius 2 is 2.09 bits per heavy atom. The lowest BCUT2D eigenvalue weighted by atomic mass is 10.1. The summed E-state index contributed by atoms with van der Waals surface area (Å²) in [5.41, 5.74) is 3.83. The summed E-state index contributed by atoms with van der Waals surface area (Å²) in [5.74, 6) is 1.37. The normalized spacial score (nSPS) is 16.3. The molecule has 1 amide bonds. The number of rotatable bonds is 6. The summed E-state index contributed by atoms with van der Waals surface area (Å²) in [7, 11) is 1.64. The first-order chi connectivity index (χ1) is 16.1. The van der Waals surface area contributed by atoms with E-state index >= 15 is 0 Å². The number of nitrogens with zero attached hydrogens (tertiary/aromatic N) is 3. The molecule has 1 aliphatic rings. The van der Waals surface area contributed by atoms with Gasteiger partial charge in [-0.2, -0.15) is 0 Å². The fourth-order valence-corrected chi connectivity index (χ4v) is 4.29. The van der Waals surface area contributed by atoms with Crippen LogP contribution in [0.5, 0.6) is 11.6 Å². The van der Waals surface area contributed by atoms with Crippen LogP contribution in [-0.2, 0) is 16.0 Å². The lowest BCUT2D eigenvalue weighted by molar-refractivity contribution is -0.139. The second-order valence-electron chi connectivity index (χ2n) is 8.16. The molecule has 8 nitrogen and oxygen atoms in total. The Bertz CT molecular complexity index is 1300.